The summed E-state index contributed by atoms with van der Waals surface area (Å²) in [6.45, 7) is 1.28. The van der Waals surface area contributed by atoms with Crippen molar-refractivity contribution < 1.29 is 14.7 Å². The number of thiophene rings is 1. The minimum absolute atomic E-state index is 0.185. The van der Waals surface area contributed by atoms with Crippen molar-refractivity contribution in [1.82, 2.24) is 15.1 Å². The number of hydrogen-bond donors (Lipinski definition) is 2. The van der Waals surface area contributed by atoms with Crippen molar-refractivity contribution in [2.75, 3.05) is 6.54 Å². The quantitative estimate of drug-likeness (QED) is 0.604. The molecule has 110 valence electrons. The molecule has 0 fully saturated rings. The number of carbonyl (C=O) groups is 2. The van der Waals surface area contributed by atoms with Crippen molar-refractivity contribution in [3.05, 3.63) is 46.4 Å². The Morgan fingerprint density at radius 1 is 1.48 bits per heavy atom. The van der Waals surface area contributed by atoms with Crippen LogP contribution in [0.4, 0.5) is 0 Å². The molecule has 0 aliphatic rings. The Morgan fingerprint density at radius 3 is 3.05 bits per heavy atom. The van der Waals surface area contributed by atoms with Crippen molar-refractivity contribution in [1.29, 1.82) is 0 Å². The van der Waals surface area contributed by atoms with E-state index in [0.29, 0.717) is 17.0 Å². The summed E-state index contributed by atoms with van der Waals surface area (Å²) in [5.41, 5.74) is 0.618. The fraction of sp³-hybridized carbons (Fsp3) is 0.214. The standard InChI is InChI=1S/C14H15N3O3S/c18-12(19)4-3-11-5-10-21-13(11)14(20)15-6-1-8-17-9-2-7-16-17/h2-5,7,9-10H,1,6,8H2,(H,15,20)(H,18,19)/b4-3+. The van der Waals surface area contributed by atoms with Crippen LogP contribution in [0, 0.1) is 0 Å². The summed E-state index contributed by atoms with van der Waals surface area (Å²) in [6, 6.07) is 3.58. The van der Waals surface area contributed by atoms with Gasteiger partial charge in [0.1, 0.15) is 0 Å². The lowest BCUT2D eigenvalue weighted by Crippen LogP contribution is -2.25. The molecule has 0 radical (unpaired) electrons. The van der Waals surface area contributed by atoms with Crippen LogP contribution in [0.1, 0.15) is 21.7 Å². The number of hydrogen-bond acceptors (Lipinski definition) is 4. The van der Waals surface area contributed by atoms with Crippen molar-refractivity contribution >= 4 is 29.3 Å². The van der Waals surface area contributed by atoms with Gasteiger partial charge < -0.3 is 10.4 Å². The van der Waals surface area contributed by atoms with Crippen LogP contribution in [0.25, 0.3) is 6.08 Å². The first-order valence-electron chi connectivity index (χ1n) is 6.41. The van der Waals surface area contributed by atoms with Crippen molar-refractivity contribution in [2.24, 2.45) is 0 Å². The first-order chi connectivity index (χ1) is 10.2. The van der Waals surface area contributed by atoms with E-state index in [1.165, 1.54) is 17.4 Å². The molecule has 0 unspecified atom stereocenters. The maximum atomic E-state index is 12.0. The zero-order valence-electron chi connectivity index (χ0n) is 11.2. The zero-order valence-corrected chi connectivity index (χ0v) is 12.0. The van der Waals surface area contributed by atoms with E-state index in [0.717, 1.165) is 19.0 Å². The van der Waals surface area contributed by atoms with Crippen LogP contribution >= 0.6 is 11.3 Å². The third-order valence-corrected chi connectivity index (χ3v) is 3.65. The minimum Gasteiger partial charge on any atom is -0.478 e. The smallest absolute Gasteiger partial charge is 0.328 e. The number of rotatable bonds is 7. The number of nitrogens with zero attached hydrogens (tertiary/aromatic N) is 2. The molecular weight excluding hydrogens is 290 g/mol. The number of aromatic nitrogens is 2. The Bertz CT molecular complexity index is 632. The summed E-state index contributed by atoms with van der Waals surface area (Å²) < 4.78 is 1.80. The summed E-state index contributed by atoms with van der Waals surface area (Å²) in [5.74, 6) is -1.22. The van der Waals surface area contributed by atoms with Gasteiger partial charge in [-0.05, 0) is 35.6 Å². The molecule has 1 amide bonds. The van der Waals surface area contributed by atoms with Crippen molar-refractivity contribution in [3.8, 4) is 0 Å². The summed E-state index contributed by atoms with van der Waals surface area (Å²) in [5, 5.41) is 17.3. The molecule has 2 aromatic rings. The van der Waals surface area contributed by atoms with E-state index in [-0.39, 0.29) is 5.91 Å². The van der Waals surface area contributed by atoms with Gasteiger partial charge in [-0.3, -0.25) is 9.48 Å². The van der Waals surface area contributed by atoms with Gasteiger partial charge >= 0.3 is 5.97 Å². The molecule has 0 atom stereocenters. The molecule has 0 spiro atoms. The van der Waals surface area contributed by atoms with Gasteiger partial charge in [0, 0.05) is 31.6 Å². The normalized spacial score (nSPS) is 10.9. The summed E-state index contributed by atoms with van der Waals surface area (Å²) in [4.78, 5) is 23.1. The molecule has 0 aromatic carbocycles. The van der Waals surface area contributed by atoms with Gasteiger partial charge in [0.15, 0.2) is 0 Å². The molecule has 2 rings (SSSR count). The molecule has 2 N–H and O–H groups in total. The van der Waals surface area contributed by atoms with Gasteiger partial charge in [0.25, 0.3) is 5.91 Å². The van der Waals surface area contributed by atoms with Crippen LogP contribution < -0.4 is 5.32 Å². The Labute approximate surface area is 125 Å². The second kappa shape index (κ2) is 7.39. The molecule has 7 heteroatoms. The van der Waals surface area contributed by atoms with Gasteiger partial charge in [-0.25, -0.2) is 4.79 Å². The first-order valence-corrected chi connectivity index (χ1v) is 7.29. The number of carbonyl (C=O) groups excluding carboxylic acids is 1. The zero-order chi connectivity index (χ0) is 15.1. The average molecular weight is 305 g/mol. The highest BCUT2D eigenvalue weighted by molar-refractivity contribution is 7.12. The third-order valence-electron chi connectivity index (χ3n) is 2.72. The van der Waals surface area contributed by atoms with E-state index in [1.807, 2.05) is 12.3 Å². The van der Waals surface area contributed by atoms with Crippen LogP contribution in [-0.2, 0) is 11.3 Å². The van der Waals surface area contributed by atoms with E-state index in [9.17, 15) is 9.59 Å². The molecule has 0 aliphatic heterocycles. The third kappa shape index (κ3) is 4.57. The Morgan fingerprint density at radius 2 is 2.33 bits per heavy atom. The van der Waals surface area contributed by atoms with Crippen LogP contribution in [-0.4, -0.2) is 33.3 Å². The van der Waals surface area contributed by atoms with Gasteiger partial charge in [-0.1, -0.05) is 0 Å². The lowest BCUT2D eigenvalue weighted by atomic mass is 10.2. The van der Waals surface area contributed by atoms with Crippen molar-refractivity contribution in [2.45, 2.75) is 13.0 Å². The van der Waals surface area contributed by atoms with Crippen LogP contribution in [0.5, 0.6) is 0 Å². The highest BCUT2D eigenvalue weighted by atomic mass is 32.1. The molecule has 2 aromatic heterocycles. The fourth-order valence-electron chi connectivity index (χ4n) is 1.75. The number of carboxylic acid groups (broad SMARTS) is 1. The summed E-state index contributed by atoms with van der Waals surface area (Å²) in [7, 11) is 0. The minimum atomic E-state index is -1.04. The number of nitrogens with one attached hydrogen (secondary N) is 1. The summed E-state index contributed by atoms with van der Waals surface area (Å²) >= 11 is 1.29. The molecule has 0 bridgehead atoms. The summed E-state index contributed by atoms with van der Waals surface area (Å²) in [6.07, 6.45) is 6.81. The Hall–Kier alpha value is -2.41. The molecule has 21 heavy (non-hydrogen) atoms. The van der Waals surface area contributed by atoms with E-state index in [1.54, 1.807) is 22.3 Å². The topological polar surface area (TPSA) is 84.2 Å². The largest absolute Gasteiger partial charge is 0.478 e. The van der Waals surface area contributed by atoms with Crippen LogP contribution in [0.2, 0.25) is 0 Å². The average Bonchev–Trinajstić information content (AvgIpc) is 3.12. The molecule has 0 aliphatic carbocycles. The molecule has 0 saturated carbocycles. The molecular formula is C14H15N3O3S. The maximum absolute atomic E-state index is 12.0. The van der Waals surface area contributed by atoms with Gasteiger partial charge in [0.05, 0.1) is 4.88 Å². The predicted octanol–water partition coefficient (Wildman–Crippen LogP) is 1.86. The molecule has 6 nitrogen and oxygen atoms in total. The van der Waals surface area contributed by atoms with E-state index in [4.69, 9.17) is 5.11 Å². The van der Waals surface area contributed by atoms with Crippen LogP contribution in [0.3, 0.4) is 0 Å². The van der Waals surface area contributed by atoms with E-state index >= 15 is 0 Å². The van der Waals surface area contributed by atoms with E-state index in [2.05, 4.69) is 10.4 Å². The molecule has 2 heterocycles. The number of aryl methyl sites for hydroxylation is 1. The first kappa shape index (κ1) is 15.0. The Kier molecular flexibility index (Phi) is 5.28. The Balaban J connectivity index is 1.83. The SMILES string of the molecule is O=C(O)/C=C/c1ccsc1C(=O)NCCCn1cccn1. The van der Waals surface area contributed by atoms with Crippen molar-refractivity contribution in [3.63, 3.8) is 0 Å². The van der Waals surface area contributed by atoms with Gasteiger partial charge in [-0.2, -0.15) is 5.10 Å². The number of carboxylic acids is 1. The maximum Gasteiger partial charge on any atom is 0.328 e. The predicted molar refractivity (Wildman–Crippen MR) is 80.2 cm³/mol. The second-order valence-corrected chi connectivity index (χ2v) is 5.17. The van der Waals surface area contributed by atoms with Crippen LogP contribution in [0.15, 0.2) is 36.0 Å². The number of amides is 1. The van der Waals surface area contributed by atoms with E-state index < -0.39 is 5.97 Å². The highest BCUT2D eigenvalue weighted by Gasteiger charge is 2.11. The van der Waals surface area contributed by atoms with Gasteiger partial charge in [0.2, 0.25) is 0 Å². The lowest BCUT2D eigenvalue weighted by molar-refractivity contribution is -0.131. The number of aliphatic carboxylic acids is 1. The molecule has 0 saturated heterocycles. The monoisotopic (exact) mass is 305 g/mol. The fourth-order valence-corrected chi connectivity index (χ4v) is 2.55. The highest BCUT2D eigenvalue weighted by Crippen LogP contribution is 2.18. The second-order valence-electron chi connectivity index (χ2n) is 4.26. The van der Waals surface area contributed by atoms with Gasteiger partial charge in [-0.15, -0.1) is 11.3 Å². The lowest BCUT2D eigenvalue weighted by Gasteiger charge is -2.05.